The summed E-state index contributed by atoms with van der Waals surface area (Å²) < 4.78 is 7.27. The van der Waals surface area contributed by atoms with Crippen molar-refractivity contribution in [1.82, 2.24) is 9.78 Å². The maximum atomic E-state index is 8.84. The fourth-order valence-corrected chi connectivity index (χ4v) is 1.82. The van der Waals surface area contributed by atoms with Gasteiger partial charge in [0.05, 0.1) is 26.0 Å². The molecule has 20 heavy (non-hydrogen) atoms. The molecular formula is C15H21N3O2. The Kier molecular flexibility index (Phi) is 5.43. The van der Waals surface area contributed by atoms with Crippen molar-refractivity contribution in [3.63, 3.8) is 0 Å². The van der Waals surface area contributed by atoms with Gasteiger partial charge in [-0.2, -0.15) is 5.10 Å². The summed E-state index contributed by atoms with van der Waals surface area (Å²) in [5.74, 6) is 0.896. The maximum Gasteiger partial charge on any atom is 0.119 e. The van der Waals surface area contributed by atoms with Crippen molar-refractivity contribution in [3.8, 4) is 5.75 Å². The lowest BCUT2D eigenvalue weighted by molar-refractivity contribution is 0.269. The van der Waals surface area contributed by atoms with Gasteiger partial charge in [0.1, 0.15) is 5.75 Å². The molecule has 0 fully saturated rings. The van der Waals surface area contributed by atoms with Crippen LogP contribution >= 0.6 is 0 Å². The lowest BCUT2D eigenvalue weighted by Crippen LogP contribution is -2.02. The van der Waals surface area contributed by atoms with Crippen LogP contribution in [0.4, 0.5) is 5.69 Å². The van der Waals surface area contributed by atoms with E-state index in [1.807, 2.05) is 30.5 Å². The van der Waals surface area contributed by atoms with Gasteiger partial charge in [0.25, 0.3) is 0 Å². The van der Waals surface area contributed by atoms with Gasteiger partial charge < -0.3 is 15.2 Å². The Morgan fingerprint density at radius 1 is 1.30 bits per heavy atom. The molecule has 0 saturated heterocycles. The molecule has 0 aliphatic carbocycles. The quantitative estimate of drug-likeness (QED) is 0.776. The lowest BCUT2D eigenvalue weighted by atomic mass is 10.3. The number of nitrogens with zero attached hydrogens (tertiary/aromatic N) is 2. The van der Waals surface area contributed by atoms with Crippen LogP contribution in [0.3, 0.4) is 0 Å². The van der Waals surface area contributed by atoms with Crippen molar-refractivity contribution in [1.29, 1.82) is 0 Å². The van der Waals surface area contributed by atoms with E-state index in [9.17, 15) is 0 Å². The molecule has 1 heterocycles. The highest BCUT2D eigenvalue weighted by Gasteiger charge is 1.99. The third kappa shape index (κ3) is 4.28. The number of aliphatic hydroxyl groups excluding tert-OH is 1. The van der Waals surface area contributed by atoms with Crippen LogP contribution in [-0.4, -0.2) is 28.1 Å². The molecule has 2 rings (SSSR count). The average Bonchev–Trinajstić information content (AvgIpc) is 2.92. The van der Waals surface area contributed by atoms with Crippen LogP contribution in [0.25, 0.3) is 0 Å². The Hall–Kier alpha value is -2.01. The van der Waals surface area contributed by atoms with E-state index in [2.05, 4.69) is 17.3 Å². The fraction of sp³-hybridized carbons (Fsp3) is 0.400. The van der Waals surface area contributed by atoms with Crippen molar-refractivity contribution >= 4 is 5.69 Å². The van der Waals surface area contributed by atoms with Crippen molar-refractivity contribution in [2.75, 3.05) is 18.5 Å². The second kappa shape index (κ2) is 7.55. The molecule has 0 aliphatic rings. The van der Waals surface area contributed by atoms with Gasteiger partial charge in [-0.25, -0.2) is 0 Å². The Morgan fingerprint density at radius 2 is 2.10 bits per heavy atom. The van der Waals surface area contributed by atoms with Crippen LogP contribution in [0.15, 0.2) is 36.7 Å². The van der Waals surface area contributed by atoms with Crippen LogP contribution < -0.4 is 10.1 Å². The third-order valence-corrected chi connectivity index (χ3v) is 2.84. The monoisotopic (exact) mass is 275 g/mol. The topological polar surface area (TPSA) is 59.3 Å². The second-order valence-electron chi connectivity index (χ2n) is 4.56. The third-order valence-electron chi connectivity index (χ3n) is 2.84. The molecule has 0 atom stereocenters. The van der Waals surface area contributed by atoms with E-state index in [0.29, 0.717) is 13.1 Å². The number of aliphatic hydroxyl groups is 1. The van der Waals surface area contributed by atoms with E-state index in [1.54, 1.807) is 10.9 Å². The number of aromatic nitrogens is 2. The molecule has 0 saturated carbocycles. The Labute approximate surface area is 119 Å². The summed E-state index contributed by atoms with van der Waals surface area (Å²) in [6, 6.07) is 7.94. The largest absolute Gasteiger partial charge is 0.494 e. The molecule has 2 aromatic rings. The molecule has 0 spiro atoms. The highest BCUT2D eigenvalue weighted by molar-refractivity contribution is 5.46. The molecule has 0 unspecified atom stereocenters. The summed E-state index contributed by atoms with van der Waals surface area (Å²) in [5.41, 5.74) is 2.13. The van der Waals surface area contributed by atoms with E-state index in [4.69, 9.17) is 9.84 Å². The molecule has 0 aliphatic heterocycles. The van der Waals surface area contributed by atoms with Gasteiger partial charge >= 0.3 is 0 Å². The van der Waals surface area contributed by atoms with Gasteiger partial charge in [-0.15, -0.1) is 0 Å². The molecule has 5 nitrogen and oxygen atoms in total. The van der Waals surface area contributed by atoms with Crippen molar-refractivity contribution in [3.05, 3.63) is 42.2 Å². The van der Waals surface area contributed by atoms with Gasteiger partial charge in [0, 0.05) is 24.0 Å². The number of benzene rings is 1. The van der Waals surface area contributed by atoms with E-state index in [1.165, 1.54) is 0 Å². The van der Waals surface area contributed by atoms with Gasteiger partial charge in [-0.05, 0) is 30.7 Å². The number of hydrogen-bond acceptors (Lipinski definition) is 4. The molecule has 1 aromatic carbocycles. The van der Waals surface area contributed by atoms with Crippen molar-refractivity contribution in [2.45, 2.75) is 26.4 Å². The minimum atomic E-state index is 0.105. The number of anilines is 1. The maximum absolute atomic E-state index is 8.84. The van der Waals surface area contributed by atoms with E-state index >= 15 is 0 Å². The standard InChI is InChI=1S/C15H21N3O2/c1-2-9-20-15-5-3-14(4-6-15)16-10-13-11-17-18(12-13)7-8-19/h3-6,11-12,16,19H,2,7-10H2,1H3. The van der Waals surface area contributed by atoms with Gasteiger partial charge in [0.2, 0.25) is 0 Å². The average molecular weight is 275 g/mol. The molecule has 2 N–H and O–H groups in total. The zero-order chi connectivity index (χ0) is 14.2. The number of rotatable bonds is 8. The smallest absolute Gasteiger partial charge is 0.119 e. The number of nitrogens with one attached hydrogen (secondary N) is 1. The highest BCUT2D eigenvalue weighted by Crippen LogP contribution is 2.16. The molecule has 1 aromatic heterocycles. The number of hydrogen-bond donors (Lipinski definition) is 2. The summed E-state index contributed by atoms with van der Waals surface area (Å²) in [6.07, 6.45) is 4.75. The van der Waals surface area contributed by atoms with Crippen molar-refractivity contribution < 1.29 is 9.84 Å². The van der Waals surface area contributed by atoms with Crippen molar-refractivity contribution in [2.24, 2.45) is 0 Å². The molecular weight excluding hydrogens is 254 g/mol. The van der Waals surface area contributed by atoms with Crippen LogP contribution in [0.1, 0.15) is 18.9 Å². The minimum absolute atomic E-state index is 0.105. The lowest BCUT2D eigenvalue weighted by Gasteiger charge is -2.07. The first kappa shape index (κ1) is 14.4. The molecule has 0 radical (unpaired) electrons. The molecule has 108 valence electrons. The van der Waals surface area contributed by atoms with Crippen LogP contribution in [0.5, 0.6) is 5.75 Å². The summed E-state index contributed by atoms with van der Waals surface area (Å²) in [5, 5.41) is 16.3. The zero-order valence-electron chi connectivity index (χ0n) is 11.7. The predicted octanol–water partition coefficient (Wildman–Crippen LogP) is 2.28. The summed E-state index contributed by atoms with van der Waals surface area (Å²) >= 11 is 0. The summed E-state index contributed by atoms with van der Waals surface area (Å²) in [6.45, 7) is 4.18. The molecule has 0 amide bonds. The number of ether oxygens (including phenoxy) is 1. The summed E-state index contributed by atoms with van der Waals surface area (Å²) in [7, 11) is 0. The SMILES string of the molecule is CCCOc1ccc(NCc2cnn(CCO)c2)cc1. The zero-order valence-corrected chi connectivity index (χ0v) is 11.7. The minimum Gasteiger partial charge on any atom is -0.494 e. The van der Waals surface area contributed by atoms with Crippen LogP contribution in [0, 0.1) is 0 Å². The first-order valence-electron chi connectivity index (χ1n) is 6.90. The van der Waals surface area contributed by atoms with E-state index in [-0.39, 0.29) is 6.61 Å². The van der Waals surface area contributed by atoms with Gasteiger partial charge in [0.15, 0.2) is 0 Å². The first-order chi connectivity index (χ1) is 9.81. The Bertz CT molecular complexity index is 508. The fourth-order valence-electron chi connectivity index (χ4n) is 1.82. The summed E-state index contributed by atoms with van der Waals surface area (Å²) in [4.78, 5) is 0. The normalized spacial score (nSPS) is 10.5. The van der Waals surface area contributed by atoms with E-state index < -0.39 is 0 Å². The van der Waals surface area contributed by atoms with Gasteiger partial charge in [-0.1, -0.05) is 6.92 Å². The predicted molar refractivity (Wildman–Crippen MR) is 78.9 cm³/mol. The highest BCUT2D eigenvalue weighted by atomic mass is 16.5. The van der Waals surface area contributed by atoms with Crippen LogP contribution in [0.2, 0.25) is 0 Å². The molecule has 0 bridgehead atoms. The van der Waals surface area contributed by atoms with Gasteiger partial charge in [-0.3, -0.25) is 4.68 Å². The Morgan fingerprint density at radius 3 is 2.80 bits per heavy atom. The van der Waals surface area contributed by atoms with E-state index in [0.717, 1.165) is 30.0 Å². The Balaban J connectivity index is 1.83. The van der Waals surface area contributed by atoms with Crippen LogP contribution in [-0.2, 0) is 13.1 Å². The first-order valence-corrected chi connectivity index (χ1v) is 6.90. The second-order valence-corrected chi connectivity index (χ2v) is 4.56. The molecule has 5 heteroatoms.